The number of aryl methyl sites for hydroxylation is 1. The van der Waals surface area contributed by atoms with Crippen LogP contribution in [0.4, 0.5) is 0 Å². The fourth-order valence-electron chi connectivity index (χ4n) is 2.99. The lowest BCUT2D eigenvalue weighted by Crippen LogP contribution is -2.42. The third-order valence-corrected chi connectivity index (χ3v) is 4.54. The standard InChI is InChI=1S/C20H32N2O2/c1-3-4-5-20(23)17-22(11-10-21-12-14-24-15-13-21)16-19-8-6-18(2)7-9-19/h3,6-9,20,23H,1,4-5,10-17H2,2H3/t20-/m0/s1. The first-order valence-electron chi connectivity index (χ1n) is 9.04. The van der Waals surface area contributed by atoms with Crippen LogP contribution in [0.25, 0.3) is 0 Å². The average Bonchev–Trinajstić information content (AvgIpc) is 2.60. The van der Waals surface area contributed by atoms with E-state index in [0.717, 1.165) is 58.8 Å². The molecule has 1 N–H and O–H groups in total. The summed E-state index contributed by atoms with van der Waals surface area (Å²) in [7, 11) is 0. The fourth-order valence-corrected chi connectivity index (χ4v) is 2.99. The predicted molar refractivity (Wildman–Crippen MR) is 99.2 cm³/mol. The van der Waals surface area contributed by atoms with Crippen LogP contribution in [0.5, 0.6) is 0 Å². The Hall–Kier alpha value is -1.20. The molecule has 0 aliphatic carbocycles. The van der Waals surface area contributed by atoms with Gasteiger partial charge in [-0.15, -0.1) is 6.58 Å². The Labute approximate surface area is 146 Å². The molecule has 1 saturated heterocycles. The minimum absolute atomic E-state index is 0.293. The number of aliphatic hydroxyl groups excluding tert-OH is 1. The fraction of sp³-hybridized carbons (Fsp3) is 0.600. The van der Waals surface area contributed by atoms with E-state index in [9.17, 15) is 5.11 Å². The number of ether oxygens (including phenoxy) is 1. The van der Waals surface area contributed by atoms with E-state index >= 15 is 0 Å². The molecule has 2 rings (SSSR count). The van der Waals surface area contributed by atoms with Crippen molar-refractivity contribution < 1.29 is 9.84 Å². The van der Waals surface area contributed by atoms with E-state index < -0.39 is 0 Å². The molecule has 0 spiro atoms. The molecular weight excluding hydrogens is 300 g/mol. The van der Waals surface area contributed by atoms with Crippen LogP contribution in [-0.2, 0) is 11.3 Å². The van der Waals surface area contributed by atoms with Gasteiger partial charge in [-0.2, -0.15) is 0 Å². The number of rotatable bonds is 10. The molecule has 1 aliphatic rings. The number of benzene rings is 1. The van der Waals surface area contributed by atoms with Crippen molar-refractivity contribution in [1.29, 1.82) is 0 Å². The van der Waals surface area contributed by atoms with Crippen molar-refractivity contribution in [3.05, 3.63) is 48.0 Å². The summed E-state index contributed by atoms with van der Waals surface area (Å²) < 4.78 is 5.42. The van der Waals surface area contributed by atoms with Crippen molar-refractivity contribution in [1.82, 2.24) is 9.80 Å². The van der Waals surface area contributed by atoms with E-state index in [4.69, 9.17) is 4.74 Å². The molecule has 1 aromatic carbocycles. The topological polar surface area (TPSA) is 35.9 Å². The summed E-state index contributed by atoms with van der Waals surface area (Å²) in [6.07, 6.45) is 3.23. The quantitative estimate of drug-likeness (QED) is 0.668. The Morgan fingerprint density at radius 3 is 2.67 bits per heavy atom. The van der Waals surface area contributed by atoms with Gasteiger partial charge in [-0.3, -0.25) is 9.80 Å². The van der Waals surface area contributed by atoms with Crippen LogP contribution >= 0.6 is 0 Å². The summed E-state index contributed by atoms with van der Waals surface area (Å²) in [5, 5.41) is 10.3. The highest BCUT2D eigenvalue weighted by Gasteiger charge is 2.15. The van der Waals surface area contributed by atoms with E-state index in [-0.39, 0.29) is 6.10 Å². The van der Waals surface area contributed by atoms with Crippen LogP contribution in [0.15, 0.2) is 36.9 Å². The van der Waals surface area contributed by atoms with Gasteiger partial charge in [-0.25, -0.2) is 0 Å². The van der Waals surface area contributed by atoms with Gasteiger partial charge in [0.15, 0.2) is 0 Å². The van der Waals surface area contributed by atoms with Crippen molar-refractivity contribution >= 4 is 0 Å². The molecule has 1 heterocycles. The summed E-state index contributed by atoms with van der Waals surface area (Å²) in [4.78, 5) is 4.82. The zero-order valence-electron chi connectivity index (χ0n) is 15.0. The van der Waals surface area contributed by atoms with Gasteiger partial charge in [0, 0.05) is 39.3 Å². The number of morpholine rings is 1. The molecule has 0 radical (unpaired) electrons. The molecule has 1 fully saturated rings. The Morgan fingerprint density at radius 1 is 1.29 bits per heavy atom. The summed E-state index contributed by atoms with van der Waals surface area (Å²) in [5.74, 6) is 0. The Morgan fingerprint density at radius 2 is 2.00 bits per heavy atom. The molecule has 4 nitrogen and oxygen atoms in total. The maximum atomic E-state index is 10.3. The zero-order valence-corrected chi connectivity index (χ0v) is 15.0. The third kappa shape index (κ3) is 7.14. The molecule has 134 valence electrons. The van der Waals surface area contributed by atoms with Crippen molar-refractivity contribution in [2.75, 3.05) is 45.9 Å². The highest BCUT2D eigenvalue weighted by atomic mass is 16.5. The van der Waals surface area contributed by atoms with Crippen LogP contribution in [0.3, 0.4) is 0 Å². The normalized spacial score (nSPS) is 17.1. The van der Waals surface area contributed by atoms with Crippen LogP contribution in [0, 0.1) is 6.92 Å². The van der Waals surface area contributed by atoms with Gasteiger partial charge in [-0.1, -0.05) is 35.9 Å². The summed E-state index contributed by atoms with van der Waals surface area (Å²) in [5.41, 5.74) is 2.59. The Balaban J connectivity index is 1.88. The van der Waals surface area contributed by atoms with Crippen LogP contribution < -0.4 is 0 Å². The first-order valence-corrected chi connectivity index (χ1v) is 9.04. The number of aliphatic hydroxyl groups is 1. The smallest absolute Gasteiger partial charge is 0.0670 e. The van der Waals surface area contributed by atoms with Crippen molar-refractivity contribution in [2.24, 2.45) is 0 Å². The lowest BCUT2D eigenvalue weighted by atomic mass is 10.1. The molecule has 4 heteroatoms. The van der Waals surface area contributed by atoms with Crippen molar-refractivity contribution in [2.45, 2.75) is 32.4 Å². The summed E-state index contributed by atoms with van der Waals surface area (Å²) in [6.45, 7) is 13.1. The molecule has 1 atom stereocenters. The molecule has 0 bridgehead atoms. The largest absolute Gasteiger partial charge is 0.392 e. The van der Waals surface area contributed by atoms with Crippen LogP contribution in [-0.4, -0.2) is 66.9 Å². The van der Waals surface area contributed by atoms with Gasteiger partial charge in [0.1, 0.15) is 0 Å². The third-order valence-electron chi connectivity index (χ3n) is 4.54. The molecular formula is C20H32N2O2. The zero-order chi connectivity index (χ0) is 17.2. The highest BCUT2D eigenvalue weighted by Crippen LogP contribution is 2.10. The van der Waals surface area contributed by atoms with E-state index in [1.807, 2.05) is 6.08 Å². The number of allylic oxidation sites excluding steroid dienone is 1. The molecule has 0 aromatic heterocycles. The van der Waals surface area contributed by atoms with Gasteiger partial charge in [0.05, 0.1) is 19.3 Å². The first kappa shape index (κ1) is 19.1. The summed E-state index contributed by atoms with van der Waals surface area (Å²) >= 11 is 0. The predicted octanol–water partition coefficient (Wildman–Crippen LogP) is 2.46. The van der Waals surface area contributed by atoms with E-state index in [1.54, 1.807) is 0 Å². The van der Waals surface area contributed by atoms with Gasteiger partial charge >= 0.3 is 0 Å². The van der Waals surface area contributed by atoms with Crippen molar-refractivity contribution in [3.8, 4) is 0 Å². The van der Waals surface area contributed by atoms with Gasteiger partial charge in [-0.05, 0) is 25.3 Å². The van der Waals surface area contributed by atoms with Gasteiger partial charge in [0.2, 0.25) is 0 Å². The lowest BCUT2D eigenvalue weighted by Gasteiger charge is -2.31. The monoisotopic (exact) mass is 332 g/mol. The summed E-state index contributed by atoms with van der Waals surface area (Å²) in [6, 6.07) is 8.69. The maximum absolute atomic E-state index is 10.3. The Bertz CT molecular complexity index is 469. The molecule has 0 saturated carbocycles. The second-order valence-electron chi connectivity index (χ2n) is 6.69. The van der Waals surface area contributed by atoms with E-state index in [1.165, 1.54) is 11.1 Å². The number of nitrogens with zero attached hydrogens (tertiary/aromatic N) is 2. The van der Waals surface area contributed by atoms with Gasteiger partial charge in [0.25, 0.3) is 0 Å². The SMILES string of the molecule is C=CCC[C@H](O)CN(CCN1CCOCC1)Cc1ccc(C)cc1. The average molecular weight is 332 g/mol. The van der Waals surface area contributed by atoms with E-state index in [2.05, 4.69) is 47.6 Å². The maximum Gasteiger partial charge on any atom is 0.0670 e. The molecule has 0 amide bonds. The minimum Gasteiger partial charge on any atom is -0.392 e. The van der Waals surface area contributed by atoms with Gasteiger partial charge < -0.3 is 9.84 Å². The lowest BCUT2D eigenvalue weighted by molar-refractivity contribution is 0.0288. The first-order chi connectivity index (χ1) is 11.7. The van der Waals surface area contributed by atoms with Crippen LogP contribution in [0.1, 0.15) is 24.0 Å². The molecule has 1 aromatic rings. The molecule has 24 heavy (non-hydrogen) atoms. The Kier molecular flexibility index (Phi) is 8.47. The van der Waals surface area contributed by atoms with E-state index in [0.29, 0.717) is 6.54 Å². The minimum atomic E-state index is -0.293. The highest BCUT2D eigenvalue weighted by molar-refractivity contribution is 5.21. The number of hydrogen-bond acceptors (Lipinski definition) is 4. The number of hydrogen-bond donors (Lipinski definition) is 1. The van der Waals surface area contributed by atoms with Crippen molar-refractivity contribution in [3.63, 3.8) is 0 Å². The second kappa shape index (κ2) is 10.6. The molecule has 0 unspecified atom stereocenters. The van der Waals surface area contributed by atoms with Crippen LogP contribution in [0.2, 0.25) is 0 Å². The molecule has 1 aliphatic heterocycles. The second-order valence-corrected chi connectivity index (χ2v) is 6.69.